The molecule has 6 heteroatoms. The first-order chi connectivity index (χ1) is 13.0. The second-order valence-electron chi connectivity index (χ2n) is 6.51. The lowest BCUT2D eigenvalue weighted by atomic mass is 10.1. The smallest absolute Gasteiger partial charge is 0.140 e. The maximum atomic E-state index is 10.6. The topological polar surface area (TPSA) is 74.9 Å². The van der Waals surface area contributed by atoms with Gasteiger partial charge in [0.25, 0.3) is 0 Å². The first-order valence-electron chi connectivity index (χ1n) is 9.04. The van der Waals surface area contributed by atoms with Crippen LogP contribution in [0.1, 0.15) is 24.5 Å². The van der Waals surface area contributed by atoms with Crippen molar-refractivity contribution in [3.8, 4) is 17.3 Å². The second-order valence-corrected chi connectivity index (χ2v) is 7.63. The predicted octanol–water partition coefficient (Wildman–Crippen LogP) is 3.92. The molecule has 0 saturated carbocycles. The fourth-order valence-corrected chi connectivity index (χ4v) is 3.80. The van der Waals surface area contributed by atoms with E-state index in [2.05, 4.69) is 35.9 Å². The number of nitrogens with zero attached hydrogens (tertiary/aromatic N) is 2. The molecular weight excluding hydrogens is 358 g/mol. The summed E-state index contributed by atoms with van der Waals surface area (Å²) in [7, 11) is -2.31. The average Bonchev–Trinajstić information content (AvgIpc) is 2.98. The molecule has 1 N–H and O–H groups in total. The first-order valence-corrected chi connectivity index (χ1v) is 10.4. The summed E-state index contributed by atoms with van der Waals surface area (Å²) < 4.78 is 23.4. The fourth-order valence-electron chi connectivity index (χ4n) is 3.39. The van der Waals surface area contributed by atoms with Gasteiger partial charge in [0.1, 0.15) is 16.8 Å². The number of aryl methyl sites for hydroxylation is 2. The molecule has 0 saturated heterocycles. The van der Waals surface area contributed by atoms with Crippen molar-refractivity contribution in [3.05, 3.63) is 53.6 Å². The van der Waals surface area contributed by atoms with Gasteiger partial charge in [0.2, 0.25) is 0 Å². The number of nitrogens with one attached hydrogen (secondary N) is 1. The Bertz CT molecular complexity index is 1070. The molecule has 27 heavy (non-hydrogen) atoms. The van der Waals surface area contributed by atoms with Gasteiger partial charge < -0.3 is 9.88 Å². The quantitative estimate of drug-likeness (QED) is 0.480. The number of thiol groups is 1. The molecule has 5 nitrogen and oxygen atoms in total. The van der Waals surface area contributed by atoms with E-state index >= 15 is 0 Å². The largest absolute Gasteiger partial charge is 0.385 e. The second kappa shape index (κ2) is 8.28. The molecule has 0 atom stereocenters. The molecule has 0 amide bonds. The standard InChI is InChI=1S/C21H23N3O2S/c1-3-24-20-13-15(2)5-10-18(20)19(14-22)21(24)16-6-8-17(9-7-16)23-11-4-12-27(25)26/h5-10,13,23,27H,3-4,11-12H2,1-2H3. The predicted molar refractivity (Wildman–Crippen MR) is 111 cm³/mol. The van der Waals surface area contributed by atoms with E-state index in [0.717, 1.165) is 34.4 Å². The lowest BCUT2D eigenvalue weighted by molar-refractivity contribution is 0.612. The van der Waals surface area contributed by atoms with Gasteiger partial charge in [-0.15, -0.1) is 0 Å². The van der Waals surface area contributed by atoms with Crippen molar-refractivity contribution >= 4 is 27.3 Å². The Morgan fingerprint density at radius 1 is 1.15 bits per heavy atom. The van der Waals surface area contributed by atoms with Crippen molar-refractivity contribution in [2.75, 3.05) is 17.6 Å². The molecule has 0 unspecified atom stereocenters. The highest BCUT2D eigenvalue weighted by Crippen LogP contribution is 2.34. The van der Waals surface area contributed by atoms with Crippen LogP contribution in [-0.4, -0.2) is 25.3 Å². The van der Waals surface area contributed by atoms with Crippen LogP contribution < -0.4 is 5.32 Å². The van der Waals surface area contributed by atoms with Crippen LogP contribution in [0.2, 0.25) is 0 Å². The van der Waals surface area contributed by atoms with E-state index < -0.39 is 10.7 Å². The molecule has 1 aromatic heterocycles. The van der Waals surface area contributed by atoms with Gasteiger partial charge >= 0.3 is 0 Å². The lowest BCUT2D eigenvalue weighted by Crippen LogP contribution is -2.04. The summed E-state index contributed by atoms with van der Waals surface area (Å²) in [6.45, 7) is 5.54. The third-order valence-corrected chi connectivity index (χ3v) is 5.33. The minimum Gasteiger partial charge on any atom is -0.385 e. The fraction of sp³-hybridized carbons (Fsp3) is 0.286. The van der Waals surface area contributed by atoms with E-state index in [0.29, 0.717) is 18.5 Å². The third-order valence-electron chi connectivity index (χ3n) is 4.65. The number of fused-ring (bicyclic) bond motifs is 1. The summed E-state index contributed by atoms with van der Waals surface area (Å²) in [6.07, 6.45) is 0.586. The van der Waals surface area contributed by atoms with Gasteiger partial charge in [0.05, 0.1) is 16.8 Å². The van der Waals surface area contributed by atoms with Gasteiger partial charge in [-0.2, -0.15) is 5.26 Å². The molecule has 140 valence electrons. The minimum atomic E-state index is -2.31. The van der Waals surface area contributed by atoms with Crippen molar-refractivity contribution in [2.24, 2.45) is 0 Å². The van der Waals surface area contributed by atoms with E-state index in [-0.39, 0.29) is 5.75 Å². The highest BCUT2D eigenvalue weighted by atomic mass is 32.2. The van der Waals surface area contributed by atoms with Crippen LogP contribution in [-0.2, 0) is 17.2 Å². The van der Waals surface area contributed by atoms with Crippen LogP contribution in [0.15, 0.2) is 42.5 Å². The van der Waals surface area contributed by atoms with Gasteiger partial charge in [0.15, 0.2) is 0 Å². The van der Waals surface area contributed by atoms with Crippen molar-refractivity contribution in [2.45, 2.75) is 26.8 Å². The van der Waals surface area contributed by atoms with Crippen LogP contribution in [0.25, 0.3) is 22.2 Å². The third kappa shape index (κ3) is 3.99. The van der Waals surface area contributed by atoms with Gasteiger partial charge in [-0.3, -0.25) is 0 Å². The van der Waals surface area contributed by atoms with Crippen molar-refractivity contribution < 1.29 is 8.42 Å². The molecule has 0 aliphatic carbocycles. The number of nitriles is 1. The van der Waals surface area contributed by atoms with E-state index in [4.69, 9.17) is 0 Å². The molecular formula is C21H23N3O2S. The van der Waals surface area contributed by atoms with Gasteiger partial charge in [-0.05, 0) is 49.6 Å². The van der Waals surface area contributed by atoms with E-state index in [1.807, 2.05) is 36.4 Å². The molecule has 0 aliphatic heterocycles. The summed E-state index contributed by atoms with van der Waals surface area (Å²) in [5.41, 5.74) is 5.83. The monoisotopic (exact) mass is 381 g/mol. The van der Waals surface area contributed by atoms with Gasteiger partial charge in [0, 0.05) is 29.9 Å². The van der Waals surface area contributed by atoms with Crippen LogP contribution in [0, 0.1) is 18.3 Å². The molecule has 0 bridgehead atoms. The van der Waals surface area contributed by atoms with Gasteiger partial charge in [-0.1, -0.05) is 24.3 Å². The number of hydrogen-bond acceptors (Lipinski definition) is 4. The zero-order valence-corrected chi connectivity index (χ0v) is 16.4. The van der Waals surface area contributed by atoms with Crippen molar-refractivity contribution in [3.63, 3.8) is 0 Å². The molecule has 1 heterocycles. The van der Waals surface area contributed by atoms with Crippen LogP contribution in [0.3, 0.4) is 0 Å². The summed E-state index contributed by atoms with van der Waals surface area (Å²) >= 11 is 0. The summed E-state index contributed by atoms with van der Waals surface area (Å²) in [5, 5.41) is 14.0. The highest BCUT2D eigenvalue weighted by molar-refractivity contribution is 7.72. The SMILES string of the molecule is CCn1c(-c2ccc(NCCC[SH](=O)=O)cc2)c(C#N)c2ccc(C)cc21. The van der Waals surface area contributed by atoms with E-state index in [1.165, 1.54) is 5.56 Å². The normalized spacial score (nSPS) is 11.0. The lowest BCUT2D eigenvalue weighted by Gasteiger charge is -2.10. The number of aromatic nitrogens is 1. The Morgan fingerprint density at radius 2 is 1.89 bits per heavy atom. The van der Waals surface area contributed by atoms with Gasteiger partial charge in [-0.25, -0.2) is 8.42 Å². The Hall–Kier alpha value is -2.78. The molecule has 0 radical (unpaired) electrons. The van der Waals surface area contributed by atoms with Crippen LogP contribution >= 0.6 is 0 Å². The number of anilines is 1. The molecule has 0 aliphatic rings. The minimum absolute atomic E-state index is 0.196. The van der Waals surface area contributed by atoms with E-state index in [9.17, 15) is 13.7 Å². The number of hydrogen-bond donors (Lipinski definition) is 2. The van der Waals surface area contributed by atoms with Crippen molar-refractivity contribution in [1.82, 2.24) is 4.57 Å². The molecule has 0 spiro atoms. The van der Waals surface area contributed by atoms with Crippen LogP contribution in [0.4, 0.5) is 5.69 Å². The molecule has 2 aromatic carbocycles. The molecule has 0 fully saturated rings. The number of rotatable bonds is 7. The summed E-state index contributed by atoms with van der Waals surface area (Å²) in [4.78, 5) is 0. The van der Waals surface area contributed by atoms with E-state index in [1.54, 1.807) is 0 Å². The van der Waals surface area contributed by atoms with Crippen molar-refractivity contribution in [1.29, 1.82) is 5.26 Å². The molecule has 3 rings (SSSR count). The average molecular weight is 382 g/mol. The van der Waals surface area contributed by atoms with Crippen LogP contribution in [0.5, 0.6) is 0 Å². The summed E-state index contributed by atoms with van der Waals surface area (Å²) in [6, 6.07) is 16.5. The summed E-state index contributed by atoms with van der Waals surface area (Å²) in [5.74, 6) is 0.196. The Labute approximate surface area is 161 Å². The number of benzene rings is 2. The first kappa shape index (κ1) is 19.0. The Morgan fingerprint density at radius 3 is 2.52 bits per heavy atom. The maximum Gasteiger partial charge on any atom is 0.140 e. The zero-order valence-electron chi connectivity index (χ0n) is 15.5. The maximum absolute atomic E-state index is 10.6. The highest BCUT2D eigenvalue weighted by Gasteiger charge is 2.17. The Balaban J connectivity index is 1.94. The molecule has 3 aromatic rings. The Kier molecular flexibility index (Phi) is 5.82. The zero-order chi connectivity index (χ0) is 19.4.